The minimum Gasteiger partial charge on any atom is -0.393 e. The highest BCUT2D eigenvalue weighted by atomic mass is 16.3. The molecule has 0 aliphatic rings. The normalized spacial score (nSPS) is 12.2. The van der Waals surface area contributed by atoms with Gasteiger partial charge >= 0.3 is 0 Å². The molecule has 0 heterocycles. The highest BCUT2D eigenvalue weighted by molar-refractivity contribution is 5.75. The fraction of sp³-hybridized carbons (Fsp3) is 0.967. The van der Waals surface area contributed by atoms with Crippen molar-refractivity contribution in [1.82, 2.24) is 5.32 Å². The first kappa shape index (κ1) is 33.4. The topological polar surface area (TPSA) is 75.3 Å². The molecule has 0 aliphatic carbocycles. The van der Waals surface area contributed by atoms with Crippen LogP contribution in [0.1, 0.15) is 167 Å². The number of aliphatic hydroxyl groups is 1. The summed E-state index contributed by atoms with van der Waals surface area (Å²) in [6, 6.07) is 0. The van der Waals surface area contributed by atoms with E-state index in [-0.39, 0.29) is 12.0 Å². The summed E-state index contributed by atoms with van der Waals surface area (Å²) in [6.45, 7) is 3.92. The fourth-order valence-electron chi connectivity index (χ4n) is 4.68. The molecule has 1 unspecified atom stereocenters. The molecule has 0 spiro atoms. The van der Waals surface area contributed by atoms with Gasteiger partial charge in [0.2, 0.25) is 5.91 Å². The Morgan fingerprint density at radius 2 is 1.03 bits per heavy atom. The second kappa shape index (κ2) is 28.6. The Hall–Kier alpha value is -0.610. The van der Waals surface area contributed by atoms with Crippen molar-refractivity contribution in [2.75, 3.05) is 13.1 Å². The van der Waals surface area contributed by atoms with Crippen LogP contribution in [0.25, 0.3) is 0 Å². The number of unbranched alkanes of at least 4 members (excludes halogenated alkanes) is 19. The molecule has 0 aromatic rings. The number of carbonyl (C=O) groups excluding carboxylic acids is 1. The van der Waals surface area contributed by atoms with Gasteiger partial charge in [-0.1, -0.05) is 129 Å². The Morgan fingerprint density at radius 3 is 1.53 bits per heavy atom. The number of aliphatic hydroxyl groups excluding tert-OH is 1. The zero-order valence-corrected chi connectivity index (χ0v) is 23.1. The van der Waals surface area contributed by atoms with Crippen LogP contribution >= 0.6 is 0 Å². The van der Waals surface area contributed by atoms with Crippen LogP contribution in [0, 0.1) is 0 Å². The molecule has 0 aromatic heterocycles. The zero-order valence-electron chi connectivity index (χ0n) is 23.1. The predicted molar refractivity (Wildman–Crippen MR) is 149 cm³/mol. The van der Waals surface area contributed by atoms with Crippen LogP contribution in [0.15, 0.2) is 0 Å². The lowest BCUT2D eigenvalue weighted by molar-refractivity contribution is -0.121. The van der Waals surface area contributed by atoms with Crippen molar-refractivity contribution in [3.05, 3.63) is 0 Å². The molecule has 0 saturated heterocycles. The Balaban J connectivity index is 3.21. The van der Waals surface area contributed by atoms with E-state index >= 15 is 0 Å². The SMILES string of the molecule is CCCCCCC(O)CCCCCCCCCCC(=O)NCCCCCCCCCCCCN. The molecule has 0 aliphatic heterocycles. The van der Waals surface area contributed by atoms with Gasteiger partial charge in [0.1, 0.15) is 0 Å². The van der Waals surface area contributed by atoms with Crippen molar-refractivity contribution in [2.24, 2.45) is 5.73 Å². The highest BCUT2D eigenvalue weighted by Crippen LogP contribution is 2.14. The first-order valence-corrected chi connectivity index (χ1v) is 15.4. The minimum absolute atomic E-state index is 0.0743. The van der Waals surface area contributed by atoms with Gasteiger partial charge in [-0.15, -0.1) is 0 Å². The number of nitrogens with one attached hydrogen (secondary N) is 1. The van der Waals surface area contributed by atoms with Crippen LogP contribution in [0.5, 0.6) is 0 Å². The van der Waals surface area contributed by atoms with Gasteiger partial charge in [-0.2, -0.15) is 0 Å². The summed E-state index contributed by atoms with van der Waals surface area (Å²) in [5.74, 6) is 0.241. The first-order chi connectivity index (χ1) is 16.7. The molecule has 0 aromatic carbocycles. The third-order valence-electron chi connectivity index (χ3n) is 7.04. The second-order valence-electron chi connectivity index (χ2n) is 10.5. The average molecular weight is 483 g/mol. The van der Waals surface area contributed by atoms with Crippen LogP contribution in [0.2, 0.25) is 0 Å². The van der Waals surface area contributed by atoms with E-state index < -0.39 is 0 Å². The summed E-state index contributed by atoms with van der Waals surface area (Å²) in [6.07, 6.45) is 30.3. The second-order valence-corrected chi connectivity index (χ2v) is 10.5. The lowest BCUT2D eigenvalue weighted by Gasteiger charge is -2.10. The summed E-state index contributed by atoms with van der Waals surface area (Å²) in [5.41, 5.74) is 5.51. The predicted octanol–water partition coefficient (Wildman–Crippen LogP) is 8.19. The van der Waals surface area contributed by atoms with Gasteiger partial charge in [0.05, 0.1) is 6.10 Å². The van der Waals surface area contributed by atoms with Gasteiger partial charge in [-0.25, -0.2) is 0 Å². The van der Waals surface area contributed by atoms with Crippen molar-refractivity contribution in [3.8, 4) is 0 Å². The van der Waals surface area contributed by atoms with E-state index in [0.29, 0.717) is 6.42 Å². The summed E-state index contributed by atoms with van der Waals surface area (Å²) in [5, 5.41) is 13.1. The Bertz CT molecular complexity index is 403. The molecular weight excluding hydrogens is 420 g/mol. The van der Waals surface area contributed by atoms with E-state index in [2.05, 4.69) is 12.2 Å². The zero-order chi connectivity index (χ0) is 25.0. The monoisotopic (exact) mass is 482 g/mol. The molecule has 204 valence electrons. The summed E-state index contributed by atoms with van der Waals surface area (Å²) < 4.78 is 0. The molecular formula is C30H62N2O2. The Morgan fingerprint density at radius 1 is 0.618 bits per heavy atom. The summed E-state index contributed by atoms with van der Waals surface area (Å²) in [7, 11) is 0. The van der Waals surface area contributed by atoms with E-state index in [1.165, 1.54) is 128 Å². The Labute approximate surface area is 213 Å². The van der Waals surface area contributed by atoms with Gasteiger partial charge in [-0.05, 0) is 38.6 Å². The van der Waals surface area contributed by atoms with Crippen LogP contribution in [-0.2, 0) is 4.79 Å². The first-order valence-electron chi connectivity index (χ1n) is 15.4. The van der Waals surface area contributed by atoms with Gasteiger partial charge in [-0.3, -0.25) is 4.79 Å². The molecule has 1 amide bonds. The molecule has 0 bridgehead atoms. The van der Waals surface area contributed by atoms with Crippen LogP contribution in [0.4, 0.5) is 0 Å². The molecule has 0 rings (SSSR count). The van der Waals surface area contributed by atoms with Gasteiger partial charge in [0.25, 0.3) is 0 Å². The smallest absolute Gasteiger partial charge is 0.219 e. The lowest BCUT2D eigenvalue weighted by atomic mass is 10.0. The number of hydrogen-bond donors (Lipinski definition) is 3. The van der Waals surface area contributed by atoms with E-state index in [1.54, 1.807) is 0 Å². The number of hydrogen-bond acceptors (Lipinski definition) is 3. The van der Waals surface area contributed by atoms with Crippen molar-refractivity contribution >= 4 is 5.91 Å². The van der Waals surface area contributed by atoms with Gasteiger partial charge in [0, 0.05) is 13.0 Å². The van der Waals surface area contributed by atoms with Crippen molar-refractivity contribution in [2.45, 2.75) is 174 Å². The third kappa shape index (κ3) is 27.6. The minimum atomic E-state index is -0.0743. The number of amides is 1. The fourth-order valence-corrected chi connectivity index (χ4v) is 4.68. The molecule has 0 radical (unpaired) electrons. The largest absolute Gasteiger partial charge is 0.393 e. The number of nitrogens with two attached hydrogens (primary N) is 1. The van der Waals surface area contributed by atoms with Crippen molar-refractivity contribution < 1.29 is 9.90 Å². The standard InChI is InChI=1S/C30H62N2O2/c1-2-3-4-19-24-29(33)25-20-15-11-7-8-12-16-21-26-30(34)32-28-23-18-14-10-6-5-9-13-17-22-27-31/h29,33H,2-28,31H2,1H3,(H,32,34). The molecule has 1 atom stereocenters. The maximum absolute atomic E-state index is 11.9. The molecule has 4 N–H and O–H groups in total. The van der Waals surface area contributed by atoms with E-state index in [0.717, 1.165) is 38.8 Å². The molecule has 34 heavy (non-hydrogen) atoms. The maximum atomic E-state index is 11.9. The molecule has 0 fully saturated rings. The number of carbonyl (C=O) groups is 1. The molecule has 4 nitrogen and oxygen atoms in total. The average Bonchev–Trinajstić information content (AvgIpc) is 2.83. The Kier molecular flexibility index (Phi) is 28.1. The van der Waals surface area contributed by atoms with Gasteiger partial charge < -0.3 is 16.2 Å². The van der Waals surface area contributed by atoms with Crippen molar-refractivity contribution in [1.29, 1.82) is 0 Å². The van der Waals surface area contributed by atoms with Crippen molar-refractivity contribution in [3.63, 3.8) is 0 Å². The quantitative estimate of drug-likeness (QED) is 0.0983. The molecule has 4 heteroatoms. The van der Waals surface area contributed by atoms with E-state index in [1.807, 2.05) is 0 Å². The van der Waals surface area contributed by atoms with E-state index in [9.17, 15) is 9.90 Å². The van der Waals surface area contributed by atoms with Crippen LogP contribution in [-0.4, -0.2) is 30.2 Å². The number of rotatable bonds is 28. The third-order valence-corrected chi connectivity index (χ3v) is 7.04. The summed E-state index contributed by atoms with van der Waals surface area (Å²) in [4.78, 5) is 11.9. The van der Waals surface area contributed by atoms with Crippen LogP contribution < -0.4 is 11.1 Å². The van der Waals surface area contributed by atoms with Crippen LogP contribution in [0.3, 0.4) is 0 Å². The molecule has 0 saturated carbocycles. The highest BCUT2D eigenvalue weighted by Gasteiger charge is 2.04. The lowest BCUT2D eigenvalue weighted by Crippen LogP contribution is -2.23. The summed E-state index contributed by atoms with van der Waals surface area (Å²) >= 11 is 0. The van der Waals surface area contributed by atoms with E-state index in [4.69, 9.17) is 5.73 Å². The van der Waals surface area contributed by atoms with Gasteiger partial charge in [0.15, 0.2) is 0 Å². The maximum Gasteiger partial charge on any atom is 0.219 e.